The van der Waals surface area contributed by atoms with E-state index < -0.39 is 18.3 Å². The largest absolute Gasteiger partial charge is 0.301 e. The maximum absolute atomic E-state index is 12.6. The first-order valence-corrected chi connectivity index (χ1v) is 7.74. The van der Waals surface area contributed by atoms with Crippen molar-refractivity contribution in [2.24, 2.45) is 0 Å². The van der Waals surface area contributed by atoms with Gasteiger partial charge in [0.15, 0.2) is 5.83 Å². The number of ketones is 1. The number of carbonyl (C=O) groups excluding carboxylic acids is 1. The number of hydrogen-bond acceptors (Lipinski definition) is 5. The maximum Gasteiger partial charge on any atom is 0.301 e. The van der Waals surface area contributed by atoms with Gasteiger partial charge < -0.3 is 0 Å². The van der Waals surface area contributed by atoms with E-state index in [0.717, 1.165) is 5.69 Å². The summed E-state index contributed by atoms with van der Waals surface area (Å²) >= 11 is 1.27. The van der Waals surface area contributed by atoms with Gasteiger partial charge in [-0.15, -0.1) is 5.10 Å². The van der Waals surface area contributed by atoms with Crippen molar-refractivity contribution in [2.75, 3.05) is 5.75 Å². The van der Waals surface area contributed by atoms with Gasteiger partial charge in [-0.05, 0) is 22.6 Å². The van der Waals surface area contributed by atoms with Crippen LogP contribution in [0.15, 0.2) is 47.4 Å². The highest BCUT2D eigenvalue weighted by Gasteiger charge is 2.12. The Morgan fingerprint density at radius 2 is 1.83 bits per heavy atom. The van der Waals surface area contributed by atoms with E-state index in [-0.39, 0.29) is 18.6 Å². The monoisotopic (exact) mass is 342 g/mol. The van der Waals surface area contributed by atoms with Gasteiger partial charge in [-0.3, -0.25) is 4.79 Å². The van der Waals surface area contributed by atoms with Gasteiger partial charge in [-0.1, -0.05) is 30.0 Å². The van der Waals surface area contributed by atoms with Crippen molar-refractivity contribution in [3.05, 3.63) is 42.2 Å². The van der Waals surface area contributed by atoms with Crippen LogP contribution >= 0.6 is 11.8 Å². The van der Waals surface area contributed by atoms with Gasteiger partial charge in [0.2, 0.25) is 5.16 Å². The third kappa shape index (κ3) is 5.20. The number of allylic oxidation sites excluding steroid dienone is 1. The lowest BCUT2D eigenvalue weighted by Crippen LogP contribution is -2.02. The van der Waals surface area contributed by atoms with Crippen molar-refractivity contribution in [2.45, 2.75) is 24.4 Å². The molecular formula is C14H13F3N4OS. The second-order valence-electron chi connectivity index (χ2n) is 4.51. The van der Waals surface area contributed by atoms with E-state index in [9.17, 15) is 18.0 Å². The summed E-state index contributed by atoms with van der Waals surface area (Å²) in [4.78, 5) is 11.5. The van der Waals surface area contributed by atoms with Crippen molar-refractivity contribution in [1.82, 2.24) is 20.2 Å². The zero-order chi connectivity index (χ0) is 16.7. The molecule has 1 aromatic heterocycles. The molecule has 0 saturated carbocycles. The number of benzene rings is 1. The normalized spacial score (nSPS) is 10.6. The quantitative estimate of drug-likeness (QED) is 0.686. The summed E-state index contributed by atoms with van der Waals surface area (Å²) in [5, 5.41) is 11.9. The number of carbonyl (C=O) groups is 1. The van der Waals surface area contributed by atoms with Crippen molar-refractivity contribution in [3.63, 3.8) is 0 Å². The fourth-order valence-corrected chi connectivity index (χ4v) is 2.60. The topological polar surface area (TPSA) is 60.7 Å². The minimum Gasteiger partial charge on any atom is -0.300 e. The SMILES string of the molecule is O=C(CCSc1nnnn1-c1ccccc1)CCC(F)=C(F)F. The Hall–Kier alpha value is -2.16. The number of thioether (sulfide) groups is 1. The fourth-order valence-electron chi connectivity index (χ4n) is 1.72. The molecule has 0 N–H and O–H groups in total. The molecule has 0 bridgehead atoms. The third-order valence-corrected chi connectivity index (χ3v) is 3.80. The molecule has 0 aliphatic heterocycles. The first-order chi connectivity index (χ1) is 11.1. The molecule has 23 heavy (non-hydrogen) atoms. The fraction of sp³-hybridized carbons (Fsp3) is 0.286. The minimum atomic E-state index is -2.37. The Morgan fingerprint density at radius 3 is 2.52 bits per heavy atom. The summed E-state index contributed by atoms with van der Waals surface area (Å²) in [6.45, 7) is 0. The lowest BCUT2D eigenvalue weighted by molar-refractivity contribution is -0.118. The Labute approximate surface area is 134 Å². The van der Waals surface area contributed by atoms with Crippen LogP contribution in [-0.2, 0) is 4.79 Å². The summed E-state index contributed by atoms with van der Waals surface area (Å²) in [7, 11) is 0. The van der Waals surface area contributed by atoms with Gasteiger partial charge in [-0.2, -0.15) is 13.5 Å². The minimum absolute atomic E-state index is 0.132. The second kappa shape index (κ2) is 8.47. The molecule has 0 saturated heterocycles. The highest BCUT2D eigenvalue weighted by Crippen LogP contribution is 2.20. The van der Waals surface area contributed by atoms with Crippen LogP contribution in [-0.4, -0.2) is 31.7 Å². The van der Waals surface area contributed by atoms with Gasteiger partial charge in [0.25, 0.3) is 0 Å². The molecule has 122 valence electrons. The Morgan fingerprint density at radius 1 is 1.09 bits per heavy atom. The molecule has 0 fully saturated rings. The van der Waals surface area contributed by atoms with Crippen LogP contribution in [0.2, 0.25) is 0 Å². The molecule has 5 nitrogen and oxygen atoms in total. The smallest absolute Gasteiger partial charge is 0.300 e. The predicted octanol–water partition coefficient (Wildman–Crippen LogP) is 3.57. The summed E-state index contributed by atoms with van der Waals surface area (Å²) in [6.07, 6.45) is -3.04. The van der Waals surface area contributed by atoms with Crippen LogP contribution in [0.1, 0.15) is 19.3 Å². The van der Waals surface area contributed by atoms with Crippen LogP contribution in [0.25, 0.3) is 5.69 Å². The molecule has 0 aliphatic carbocycles. The number of Topliss-reactive ketones (excluding diaryl/α,β-unsaturated/α-hetero) is 1. The zero-order valence-electron chi connectivity index (χ0n) is 12.0. The van der Waals surface area contributed by atoms with E-state index in [4.69, 9.17) is 0 Å². The third-order valence-electron chi connectivity index (χ3n) is 2.88. The molecule has 0 spiro atoms. The zero-order valence-corrected chi connectivity index (χ0v) is 12.8. The number of para-hydroxylation sites is 1. The molecule has 0 aliphatic rings. The highest BCUT2D eigenvalue weighted by molar-refractivity contribution is 7.99. The van der Waals surface area contributed by atoms with Crippen molar-refractivity contribution in [3.8, 4) is 5.69 Å². The lowest BCUT2D eigenvalue weighted by Gasteiger charge is -2.03. The molecule has 0 unspecified atom stereocenters. The Kier molecular flexibility index (Phi) is 6.33. The van der Waals surface area contributed by atoms with Crippen molar-refractivity contribution >= 4 is 17.5 Å². The number of nitrogens with zero attached hydrogens (tertiary/aromatic N) is 4. The number of halogens is 3. The van der Waals surface area contributed by atoms with E-state index >= 15 is 0 Å². The van der Waals surface area contributed by atoms with Crippen LogP contribution in [0, 0.1) is 0 Å². The molecule has 2 rings (SSSR count). The molecule has 0 atom stereocenters. The summed E-state index contributed by atoms with van der Waals surface area (Å²) in [5.41, 5.74) is 0.789. The lowest BCUT2D eigenvalue weighted by atomic mass is 10.2. The van der Waals surface area contributed by atoms with E-state index in [2.05, 4.69) is 15.5 Å². The first kappa shape index (κ1) is 17.2. The molecule has 0 amide bonds. The Balaban J connectivity index is 1.83. The number of hydrogen-bond donors (Lipinski definition) is 0. The van der Waals surface area contributed by atoms with Gasteiger partial charge in [-0.25, -0.2) is 4.39 Å². The van der Waals surface area contributed by atoms with Gasteiger partial charge in [0.05, 0.1) is 5.69 Å². The van der Waals surface area contributed by atoms with E-state index in [1.54, 1.807) is 0 Å². The van der Waals surface area contributed by atoms with E-state index in [0.29, 0.717) is 10.9 Å². The molecular weight excluding hydrogens is 329 g/mol. The van der Waals surface area contributed by atoms with Crippen LogP contribution in [0.4, 0.5) is 13.2 Å². The second-order valence-corrected chi connectivity index (χ2v) is 5.57. The summed E-state index contributed by atoms with van der Waals surface area (Å²) in [5.74, 6) is -1.43. The molecule has 1 aromatic carbocycles. The predicted molar refractivity (Wildman–Crippen MR) is 79.1 cm³/mol. The van der Waals surface area contributed by atoms with Crippen LogP contribution in [0.3, 0.4) is 0 Å². The molecule has 9 heteroatoms. The van der Waals surface area contributed by atoms with Crippen LogP contribution < -0.4 is 0 Å². The Bertz CT molecular complexity index is 686. The molecule has 0 radical (unpaired) electrons. The summed E-state index contributed by atoms with van der Waals surface area (Å²) in [6, 6.07) is 9.24. The maximum atomic E-state index is 12.6. The van der Waals surface area contributed by atoms with Gasteiger partial charge in [0.1, 0.15) is 5.78 Å². The number of tetrazole rings is 1. The molecule has 1 heterocycles. The van der Waals surface area contributed by atoms with Crippen molar-refractivity contribution < 1.29 is 18.0 Å². The average molecular weight is 342 g/mol. The van der Waals surface area contributed by atoms with E-state index in [1.165, 1.54) is 16.4 Å². The number of aromatic nitrogens is 4. The standard InChI is InChI=1S/C14H13F3N4OS/c15-12(13(16)17)7-6-11(22)8-9-23-14-18-19-20-21(14)10-4-2-1-3-5-10/h1-5H,6-9H2. The van der Waals surface area contributed by atoms with E-state index in [1.807, 2.05) is 30.3 Å². The average Bonchev–Trinajstić information content (AvgIpc) is 3.01. The molecule has 2 aromatic rings. The van der Waals surface area contributed by atoms with Crippen molar-refractivity contribution in [1.29, 1.82) is 0 Å². The number of rotatable bonds is 8. The highest BCUT2D eigenvalue weighted by atomic mass is 32.2. The first-order valence-electron chi connectivity index (χ1n) is 6.76. The van der Waals surface area contributed by atoms with Gasteiger partial charge in [0, 0.05) is 25.0 Å². The summed E-state index contributed by atoms with van der Waals surface area (Å²) < 4.78 is 37.9. The van der Waals surface area contributed by atoms with Gasteiger partial charge >= 0.3 is 6.08 Å². The van der Waals surface area contributed by atoms with Crippen LogP contribution in [0.5, 0.6) is 0 Å².